The van der Waals surface area contributed by atoms with Gasteiger partial charge in [0.15, 0.2) is 5.78 Å². The summed E-state index contributed by atoms with van der Waals surface area (Å²) in [7, 11) is 1.65. The molecular weight excluding hydrogens is 288 g/mol. The number of likely N-dealkylation sites (tertiary alicyclic amines) is 1. The summed E-state index contributed by atoms with van der Waals surface area (Å²) >= 11 is 0. The lowest BCUT2D eigenvalue weighted by Crippen LogP contribution is -2.42. The first kappa shape index (κ1) is 16.5. The van der Waals surface area contributed by atoms with E-state index in [1.54, 1.807) is 7.11 Å². The number of ether oxygens (including phenoxy) is 1. The predicted molar refractivity (Wildman–Crippen MR) is 92.1 cm³/mol. The summed E-state index contributed by atoms with van der Waals surface area (Å²) in [6.07, 6.45) is 4.63. The molecule has 0 aromatic heterocycles. The van der Waals surface area contributed by atoms with Gasteiger partial charge in [0.1, 0.15) is 5.75 Å². The molecule has 0 amide bonds. The third-order valence-corrected chi connectivity index (χ3v) is 5.25. The standard InChI is InChI=1S/C19H28N2O2/c1-23-18-6-4-16(5-7-18)19(22)17-8-11-21(12-9-17)14-15-3-2-10-20-13-15/h4-7,15,17,20H,2-3,8-14H2,1H3. The molecule has 2 heterocycles. The molecule has 0 aliphatic carbocycles. The maximum absolute atomic E-state index is 12.6. The van der Waals surface area contributed by atoms with Crippen molar-refractivity contribution in [3.63, 3.8) is 0 Å². The van der Waals surface area contributed by atoms with Crippen molar-refractivity contribution in [3.05, 3.63) is 29.8 Å². The highest BCUT2D eigenvalue weighted by molar-refractivity contribution is 5.98. The highest BCUT2D eigenvalue weighted by atomic mass is 16.5. The first-order chi connectivity index (χ1) is 11.3. The molecule has 2 aliphatic heterocycles. The van der Waals surface area contributed by atoms with Crippen LogP contribution in [0.4, 0.5) is 0 Å². The topological polar surface area (TPSA) is 41.6 Å². The van der Waals surface area contributed by atoms with Crippen molar-refractivity contribution >= 4 is 5.78 Å². The number of benzene rings is 1. The molecule has 1 aromatic rings. The van der Waals surface area contributed by atoms with Crippen LogP contribution in [0, 0.1) is 11.8 Å². The molecule has 2 saturated heterocycles. The predicted octanol–water partition coefficient (Wildman–Crippen LogP) is 2.59. The van der Waals surface area contributed by atoms with Gasteiger partial charge in [-0.3, -0.25) is 4.79 Å². The first-order valence-corrected chi connectivity index (χ1v) is 8.87. The highest BCUT2D eigenvalue weighted by Gasteiger charge is 2.27. The van der Waals surface area contributed by atoms with E-state index in [0.717, 1.165) is 49.7 Å². The number of Topliss-reactive ketones (excluding diaryl/α,β-unsaturated/α-hetero) is 1. The molecule has 0 radical (unpaired) electrons. The number of piperidine rings is 2. The van der Waals surface area contributed by atoms with Crippen LogP contribution in [0.3, 0.4) is 0 Å². The Hall–Kier alpha value is -1.39. The van der Waals surface area contributed by atoms with E-state index >= 15 is 0 Å². The van der Waals surface area contributed by atoms with Gasteiger partial charge in [0.25, 0.3) is 0 Å². The van der Waals surface area contributed by atoms with E-state index in [4.69, 9.17) is 4.74 Å². The van der Waals surface area contributed by atoms with E-state index in [2.05, 4.69) is 10.2 Å². The van der Waals surface area contributed by atoms with Gasteiger partial charge in [0.05, 0.1) is 7.11 Å². The fourth-order valence-electron chi connectivity index (χ4n) is 3.81. The van der Waals surface area contributed by atoms with Gasteiger partial charge in [-0.25, -0.2) is 0 Å². The van der Waals surface area contributed by atoms with Crippen molar-refractivity contribution in [1.82, 2.24) is 10.2 Å². The Morgan fingerprint density at radius 2 is 1.96 bits per heavy atom. The van der Waals surface area contributed by atoms with E-state index < -0.39 is 0 Å². The van der Waals surface area contributed by atoms with Gasteiger partial charge >= 0.3 is 0 Å². The minimum absolute atomic E-state index is 0.184. The highest BCUT2D eigenvalue weighted by Crippen LogP contribution is 2.24. The maximum atomic E-state index is 12.6. The van der Waals surface area contributed by atoms with Crippen LogP contribution in [0.2, 0.25) is 0 Å². The molecule has 3 rings (SSSR count). The number of hydrogen-bond donors (Lipinski definition) is 1. The van der Waals surface area contributed by atoms with Crippen LogP contribution in [0.15, 0.2) is 24.3 Å². The zero-order valence-electron chi connectivity index (χ0n) is 14.1. The number of nitrogens with one attached hydrogen (secondary N) is 1. The molecule has 0 saturated carbocycles. The second-order valence-corrected chi connectivity index (χ2v) is 6.88. The summed E-state index contributed by atoms with van der Waals surface area (Å²) < 4.78 is 5.16. The SMILES string of the molecule is COc1ccc(C(=O)C2CCN(CC3CCCNC3)CC2)cc1. The van der Waals surface area contributed by atoms with Crippen LogP contribution in [-0.2, 0) is 0 Å². The zero-order valence-corrected chi connectivity index (χ0v) is 14.1. The Labute approximate surface area is 139 Å². The molecule has 2 aliphatic rings. The largest absolute Gasteiger partial charge is 0.497 e. The molecule has 4 heteroatoms. The van der Waals surface area contributed by atoms with Gasteiger partial charge in [0.2, 0.25) is 0 Å². The number of carbonyl (C=O) groups is 1. The Balaban J connectivity index is 1.48. The fraction of sp³-hybridized carbons (Fsp3) is 0.632. The maximum Gasteiger partial charge on any atom is 0.166 e. The smallest absolute Gasteiger partial charge is 0.166 e. The molecule has 1 unspecified atom stereocenters. The molecule has 0 bridgehead atoms. The Bertz CT molecular complexity index is 501. The number of methoxy groups -OCH3 is 1. The van der Waals surface area contributed by atoms with Crippen molar-refractivity contribution in [2.45, 2.75) is 25.7 Å². The van der Waals surface area contributed by atoms with Crippen LogP contribution < -0.4 is 10.1 Å². The van der Waals surface area contributed by atoms with Crippen molar-refractivity contribution in [2.75, 3.05) is 39.8 Å². The summed E-state index contributed by atoms with van der Waals surface area (Å²) in [6.45, 7) is 5.64. The summed E-state index contributed by atoms with van der Waals surface area (Å²) in [5.74, 6) is 2.07. The molecular formula is C19H28N2O2. The Kier molecular flexibility index (Phi) is 5.68. The average molecular weight is 316 g/mol. The van der Waals surface area contributed by atoms with E-state index in [0.29, 0.717) is 5.78 Å². The van der Waals surface area contributed by atoms with Crippen LogP contribution in [-0.4, -0.2) is 50.5 Å². The number of ketones is 1. The number of carbonyl (C=O) groups excluding carboxylic acids is 1. The van der Waals surface area contributed by atoms with Gasteiger partial charge < -0.3 is 15.0 Å². The van der Waals surface area contributed by atoms with Crippen molar-refractivity contribution < 1.29 is 9.53 Å². The molecule has 1 aromatic carbocycles. The number of hydrogen-bond acceptors (Lipinski definition) is 4. The lowest BCUT2D eigenvalue weighted by molar-refractivity contribution is 0.0820. The van der Waals surface area contributed by atoms with E-state index in [-0.39, 0.29) is 5.92 Å². The lowest BCUT2D eigenvalue weighted by Gasteiger charge is -2.35. The quantitative estimate of drug-likeness (QED) is 0.848. The van der Waals surface area contributed by atoms with Gasteiger partial charge in [-0.1, -0.05) is 0 Å². The van der Waals surface area contributed by atoms with Crippen molar-refractivity contribution in [1.29, 1.82) is 0 Å². The molecule has 2 fully saturated rings. The normalized spacial score (nSPS) is 23.6. The summed E-state index contributed by atoms with van der Waals surface area (Å²) in [5.41, 5.74) is 0.820. The minimum Gasteiger partial charge on any atom is -0.497 e. The minimum atomic E-state index is 0.184. The van der Waals surface area contributed by atoms with Crippen LogP contribution in [0.1, 0.15) is 36.0 Å². The average Bonchev–Trinajstić information content (AvgIpc) is 2.63. The molecule has 23 heavy (non-hydrogen) atoms. The molecule has 126 valence electrons. The van der Waals surface area contributed by atoms with Gasteiger partial charge in [-0.15, -0.1) is 0 Å². The zero-order chi connectivity index (χ0) is 16.1. The third kappa shape index (κ3) is 4.33. The molecule has 1 N–H and O–H groups in total. The fourth-order valence-corrected chi connectivity index (χ4v) is 3.81. The van der Waals surface area contributed by atoms with E-state index in [9.17, 15) is 4.79 Å². The molecule has 1 atom stereocenters. The van der Waals surface area contributed by atoms with Gasteiger partial charge in [-0.2, -0.15) is 0 Å². The van der Waals surface area contributed by atoms with E-state index in [1.165, 1.54) is 25.9 Å². The Morgan fingerprint density at radius 1 is 1.22 bits per heavy atom. The second kappa shape index (κ2) is 7.93. The van der Waals surface area contributed by atoms with Gasteiger partial charge in [0, 0.05) is 18.0 Å². The first-order valence-electron chi connectivity index (χ1n) is 8.87. The van der Waals surface area contributed by atoms with Crippen molar-refractivity contribution in [2.24, 2.45) is 11.8 Å². The molecule has 0 spiro atoms. The monoisotopic (exact) mass is 316 g/mol. The van der Waals surface area contributed by atoms with Crippen molar-refractivity contribution in [3.8, 4) is 5.75 Å². The van der Waals surface area contributed by atoms with Crippen LogP contribution in [0.25, 0.3) is 0 Å². The lowest BCUT2D eigenvalue weighted by atomic mass is 9.88. The van der Waals surface area contributed by atoms with E-state index in [1.807, 2.05) is 24.3 Å². The Morgan fingerprint density at radius 3 is 2.57 bits per heavy atom. The summed E-state index contributed by atoms with van der Waals surface area (Å²) in [6, 6.07) is 7.53. The van der Waals surface area contributed by atoms with Crippen LogP contribution >= 0.6 is 0 Å². The summed E-state index contributed by atoms with van der Waals surface area (Å²) in [4.78, 5) is 15.2. The van der Waals surface area contributed by atoms with Gasteiger partial charge in [-0.05, 0) is 82.0 Å². The molecule has 4 nitrogen and oxygen atoms in total. The number of rotatable bonds is 5. The number of nitrogens with zero attached hydrogens (tertiary/aromatic N) is 1. The summed E-state index contributed by atoms with van der Waals surface area (Å²) in [5, 5.41) is 3.49. The van der Waals surface area contributed by atoms with Crippen LogP contribution in [0.5, 0.6) is 5.75 Å². The second-order valence-electron chi connectivity index (χ2n) is 6.88. The third-order valence-electron chi connectivity index (χ3n) is 5.25.